The van der Waals surface area contributed by atoms with Crippen LogP contribution >= 0.6 is 0 Å². The van der Waals surface area contributed by atoms with E-state index in [-0.39, 0.29) is 13.1 Å². The number of rotatable bonds is 8. The topological polar surface area (TPSA) is 84.9 Å². The van der Waals surface area contributed by atoms with Crippen LogP contribution in [0.4, 0.5) is 5.69 Å². The number of ether oxygens (including phenoxy) is 2. The van der Waals surface area contributed by atoms with Gasteiger partial charge >= 0.3 is 0 Å². The number of amides is 1. The minimum absolute atomic E-state index is 0.0431. The number of para-hydroxylation sites is 1. The smallest absolute Gasteiger partial charge is 0.239 e. The first-order valence-corrected chi connectivity index (χ1v) is 9.69. The summed E-state index contributed by atoms with van der Waals surface area (Å²) in [5, 5.41) is 2.68. The van der Waals surface area contributed by atoms with Gasteiger partial charge in [-0.3, -0.25) is 4.79 Å². The van der Waals surface area contributed by atoms with E-state index in [1.165, 1.54) is 14.2 Å². The van der Waals surface area contributed by atoms with Crippen LogP contribution in [-0.4, -0.2) is 45.7 Å². The van der Waals surface area contributed by atoms with Crippen molar-refractivity contribution in [3.8, 4) is 11.5 Å². The molecule has 0 fully saturated rings. The fourth-order valence-corrected chi connectivity index (χ4v) is 3.09. The molecule has 0 aliphatic heterocycles. The lowest BCUT2D eigenvalue weighted by Gasteiger charge is -2.20. The molecule has 2 rings (SSSR count). The van der Waals surface area contributed by atoms with Gasteiger partial charge in [0.2, 0.25) is 15.9 Å². The second-order valence-corrected chi connectivity index (χ2v) is 7.62. The van der Waals surface area contributed by atoms with Gasteiger partial charge in [0, 0.05) is 12.2 Å². The third-order valence-corrected chi connectivity index (χ3v) is 4.85. The highest BCUT2D eigenvalue weighted by Crippen LogP contribution is 2.28. The first-order valence-electron chi connectivity index (χ1n) is 7.84. The molecular formula is C18H22N2O5S. The SMILES string of the molecule is COc1ccc(CN(CC(=O)Nc2ccccc2)S(C)(=O)=O)cc1OC. The number of hydrogen-bond acceptors (Lipinski definition) is 5. The molecule has 0 aliphatic rings. The summed E-state index contributed by atoms with van der Waals surface area (Å²) in [7, 11) is -0.560. The Hall–Kier alpha value is -2.58. The number of nitrogens with zero attached hydrogens (tertiary/aromatic N) is 1. The zero-order chi connectivity index (χ0) is 19.2. The summed E-state index contributed by atoms with van der Waals surface area (Å²) in [6.07, 6.45) is 1.07. The van der Waals surface area contributed by atoms with Gasteiger partial charge in [-0.1, -0.05) is 24.3 Å². The number of hydrogen-bond donors (Lipinski definition) is 1. The summed E-state index contributed by atoms with van der Waals surface area (Å²) in [4.78, 5) is 12.2. The van der Waals surface area contributed by atoms with Crippen molar-refractivity contribution in [3.05, 3.63) is 54.1 Å². The molecule has 1 N–H and O–H groups in total. The maximum absolute atomic E-state index is 12.2. The van der Waals surface area contributed by atoms with E-state index in [1.54, 1.807) is 42.5 Å². The summed E-state index contributed by atoms with van der Waals surface area (Å²) in [5.74, 6) is 0.623. The highest BCUT2D eigenvalue weighted by atomic mass is 32.2. The van der Waals surface area contributed by atoms with Gasteiger partial charge in [-0.25, -0.2) is 8.42 Å². The van der Waals surface area contributed by atoms with E-state index in [2.05, 4.69) is 5.32 Å². The van der Waals surface area contributed by atoms with Crippen molar-refractivity contribution in [2.45, 2.75) is 6.54 Å². The molecule has 0 saturated heterocycles. The molecule has 0 atom stereocenters. The molecule has 2 aromatic carbocycles. The van der Waals surface area contributed by atoms with Crippen molar-refractivity contribution in [1.82, 2.24) is 4.31 Å². The largest absolute Gasteiger partial charge is 0.493 e. The molecule has 2 aromatic rings. The lowest BCUT2D eigenvalue weighted by molar-refractivity contribution is -0.116. The van der Waals surface area contributed by atoms with Gasteiger partial charge in [-0.05, 0) is 29.8 Å². The normalized spacial score (nSPS) is 11.2. The van der Waals surface area contributed by atoms with E-state index in [0.29, 0.717) is 22.7 Å². The molecule has 0 radical (unpaired) electrons. The minimum Gasteiger partial charge on any atom is -0.493 e. The van der Waals surface area contributed by atoms with E-state index in [0.717, 1.165) is 10.6 Å². The van der Waals surface area contributed by atoms with Crippen LogP contribution in [0.15, 0.2) is 48.5 Å². The van der Waals surface area contributed by atoms with Crippen LogP contribution in [0.3, 0.4) is 0 Å². The summed E-state index contributed by atoms with van der Waals surface area (Å²) >= 11 is 0. The van der Waals surface area contributed by atoms with Crippen molar-refractivity contribution in [1.29, 1.82) is 0 Å². The maximum Gasteiger partial charge on any atom is 0.239 e. The Balaban J connectivity index is 2.14. The Kier molecular flexibility index (Phi) is 6.59. The lowest BCUT2D eigenvalue weighted by Crippen LogP contribution is -2.36. The Morgan fingerprint density at radius 2 is 1.69 bits per heavy atom. The van der Waals surface area contributed by atoms with Crippen molar-refractivity contribution in [2.24, 2.45) is 0 Å². The molecule has 0 spiro atoms. The van der Waals surface area contributed by atoms with Crippen LogP contribution < -0.4 is 14.8 Å². The van der Waals surface area contributed by atoms with E-state index in [1.807, 2.05) is 6.07 Å². The molecule has 7 nitrogen and oxygen atoms in total. The van der Waals surface area contributed by atoms with Gasteiger partial charge in [-0.2, -0.15) is 4.31 Å². The quantitative estimate of drug-likeness (QED) is 0.760. The lowest BCUT2D eigenvalue weighted by atomic mass is 10.2. The number of sulfonamides is 1. The molecule has 8 heteroatoms. The number of methoxy groups -OCH3 is 2. The van der Waals surface area contributed by atoms with Gasteiger partial charge in [0.15, 0.2) is 11.5 Å². The van der Waals surface area contributed by atoms with Crippen molar-refractivity contribution in [3.63, 3.8) is 0 Å². The molecule has 0 aromatic heterocycles. The summed E-state index contributed by atoms with van der Waals surface area (Å²) in [6, 6.07) is 14.0. The van der Waals surface area contributed by atoms with Gasteiger partial charge in [0.05, 0.1) is 27.0 Å². The van der Waals surface area contributed by atoms with E-state index >= 15 is 0 Å². The van der Waals surface area contributed by atoms with E-state index in [9.17, 15) is 13.2 Å². The first kappa shape index (κ1) is 19.7. The molecule has 0 heterocycles. The van der Waals surface area contributed by atoms with Crippen molar-refractivity contribution < 1.29 is 22.7 Å². The Labute approximate surface area is 153 Å². The van der Waals surface area contributed by atoms with Crippen LogP contribution in [0.1, 0.15) is 5.56 Å². The van der Waals surface area contributed by atoms with Gasteiger partial charge in [0.1, 0.15) is 0 Å². The zero-order valence-electron chi connectivity index (χ0n) is 14.9. The molecule has 0 aliphatic carbocycles. The third-order valence-electron chi connectivity index (χ3n) is 3.65. The molecular weight excluding hydrogens is 356 g/mol. The minimum atomic E-state index is -3.59. The second kappa shape index (κ2) is 8.68. The number of benzene rings is 2. The Bertz CT molecular complexity index is 853. The Morgan fingerprint density at radius 1 is 1.04 bits per heavy atom. The van der Waals surface area contributed by atoms with Gasteiger partial charge in [0.25, 0.3) is 0 Å². The number of carbonyl (C=O) groups is 1. The maximum atomic E-state index is 12.2. The van der Waals surface area contributed by atoms with Crippen LogP contribution in [-0.2, 0) is 21.4 Å². The number of anilines is 1. The van der Waals surface area contributed by atoms with Gasteiger partial charge in [-0.15, -0.1) is 0 Å². The average Bonchev–Trinajstić information content (AvgIpc) is 2.61. The molecule has 0 saturated carbocycles. The summed E-state index contributed by atoms with van der Waals surface area (Å²) < 4.78 is 35.7. The fourth-order valence-electron chi connectivity index (χ4n) is 2.36. The predicted octanol–water partition coefficient (Wildman–Crippen LogP) is 2.10. The monoisotopic (exact) mass is 378 g/mol. The van der Waals surface area contributed by atoms with Crippen LogP contribution in [0.5, 0.6) is 11.5 Å². The molecule has 0 bridgehead atoms. The third kappa shape index (κ3) is 5.47. The molecule has 140 valence electrons. The molecule has 1 amide bonds. The molecule has 26 heavy (non-hydrogen) atoms. The fraction of sp³-hybridized carbons (Fsp3) is 0.278. The van der Waals surface area contributed by atoms with E-state index < -0.39 is 15.9 Å². The van der Waals surface area contributed by atoms with E-state index in [4.69, 9.17) is 9.47 Å². The summed E-state index contributed by atoms with van der Waals surface area (Å²) in [6.45, 7) is -0.247. The van der Waals surface area contributed by atoms with Crippen LogP contribution in [0.2, 0.25) is 0 Å². The first-order chi connectivity index (χ1) is 12.3. The average molecular weight is 378 g/mol. The van der Waals surface area contributed by atoms with Gasteiger partial charge < -0.3 is 14.8 Å². The van der Waals surface area contributed by atoms with Crippen molar-refractivity contribution >= 4 is 21.6 Å². The highest BCUT2D eigenvalue weighted by molar-refractivity contribution is 7.88. The molecule has 0 unspecified atom stereocenters. The summed E-state index contributed by atoms with van der Waals surface area (Å²) in [5.41, 5.74) is 1.29. The predicted molar refractivity (Wildman–Crippen MR) is 99.9 cm³/mol. The Morgan fingerprint density at radius 3 is 2.27 bits per heavy atom. The van der Waals surface area contributed by atoms with Crippen LogP contribution in [0, 0.1) is 0 Å². The number of nitrogens with one attached hydrogen (secondary N) is 1. The highest BCUT2D eigenvalue weighted by Gasteiger charge is 2.21. The van der Waals surface area contributed by atoms with Crippen LogP contribution in [0.25, 0.3) is 0 Å². The number of carbonyl (C=O) groups excluding carboxylic acids is 1. The second-order valence-electron chi connectivity index (χ2n) is 5.63. The standard InChI is InChI=1S/C18H22N2O5S/c1-24-16-10-9-14(11-17(16)25-2)12-20(26(3,22)23)13-18(21)19-15-7-5-4-6-8-15/h4-11H,12-13H2,1-3H3,(H,19,21). The zero-order valence-corrected chi connectivity index (χ0v) is 15.7. The van der Waals surface area contributed by atoms with Crippen molar-refractivity contribution in [2.75, 3.05) is 32.3 Å².